The molecule has 3 rings (SSSR count). The molecule has 104 valence electrons. The van der Waals surface area contributed by atoms with Crippen molar-refractivity contribution < 1.29 is 9.53 Å². The summed E-state index contributed by atoms with van der Waals surface area (Å²) in [5.41, 5.74) is 0.837. The van der Waals surface area contributed by atoms with Gasteiger partial charge in [-0.2, -0.15) is 0 Å². The Balaban J connectivity index is 1.64. The number of hydrogen-bond donors (Lipinski definition) is 0. The van der Waals surface area contributed by atoms with Crippen LogP contribution >= 0.6 is 0 Å². The Bertz CT molecular complexity index is 612. The summed E-state index contributed by atoms with van der Waals surface area (Å²) in [5.74, 6) is 0.765. The van der Waals surface area contributed by atoms with Crippen molar-refractivity contribution >= 4 is 16.6 Å². The molecule has 0 atom stereocenters. The number of carbonyl (C=O) groups is 1. The minimum absolute atomic E-state index is 0.260. The van der Waals surface area contributed by atoms with E-state index in [9.17, 15) is 4.79 Å². The zero-order valence-corrected chi connectivity index (χ0v) is 11.8. The predicted molar refractivity (Wildman–Crippen MR) is 81.0 cm³/mol. The molecule has 0 aliphatic heterocycles. The SMILES string of the molecule is CCOC1CC(CC(=O)c2ccc3ccccc3c2)C1. The molecule has 2 aromatic rings. The fraction of sp³-hybridized carbons (Fsp3) is 0.389. The minimum Gasteiger partial charge on any atom is -0.378 e. The van der Waals surface area contributed by atoms with Crippen molar-refractivity contribution in [3.63, 3.8) is 0 Å². The quantitative estimate of drug-likeness (QED) is 0.759. The van der Waals surface area contributed by atoms with E-state index in [0.29, 0.717) is 18.4 Å². The first kappa shape index (κ1) is 13.3. The maximum atomic E-state index is 12.3. The van der Waals surface area contributed by atoms with Gasteiger partial charge in [0.25, 0.3) is 0 Å². The molecule has 0 bridgehead atoms. The van der Waals surface area contributed by atoms with Gasteiger partial charge in [-0.05, 0) is 42.5 Å². The summed E-state index contributed by atoms with van der Waals surface area (Å²) in [7, 11) is 0. The molecule has 1 aliphatic carbocycles. The summed E-state index contributed by atoms with van der Waals surface area (Å²) >= 11 is 0. The largest absolute Gasteiger partial charge is 0.378 e. The molecule has 2 nitrogen and oxygen atoms in total. The number of fused-ring (bicyclic) bond motifs is 1. The number of carbonyl (C=O) groups excluding carboxylic acids is 1. The molecule has 0 saturated heterocycles. The predicted octanol–water partition coefficient (Wildman–Crippen LogP) is 4.23. The Kier molecular flexibility index (Phi) is 3.83. The number of ketones is 1. The van der Waals surface area contributed by atoms with Crippen LogP contribution in [-0.4, -0.2) is 18.5 Å². The van der Waals surface area contributed by atoms with E-state index < -0.39 is 0 Å². The van der Waals surface area contributed by atoms with Crippen LogP contribution in [0.2, 0.25) is 0 Å². The first-order valence-corrected chi connectivity index (χ1v) is 7.40. The smallest absolute Gasteiger partial charge is 0.163 e. The molecule has 0 N–H and O–H groups in total. The second-order valence-corrected chi connectivity index (χ2v) is 5.60. The molecule has 0 radical (unpaired) electrons. The Hall–Kier alpha value is -1.67. The highest BCUT2D eigenvalue weighted by atomic mass is 16.5. The van der Waals surface area contributed by atoms with Crippen molar-refractivity contribution in [2.24, 2.45) is 5.92 Å². The number of hydrogen-bond acceptors (Lipinski definition) is 2. The third-order valence-corrected chi connectivity index (χ3v) is 4.14. The van der Waals surface area contributed by atoms with Crippen LogP contribution in [-0.2, 0) is 4.74 Å². The lowest BCUT2D eigenvalue weighted by Gasteiger charge is -2.34. The first-order valence-electron chi connectivity index (χ1n) is 7.40. The molecular formula is C18H20O2. The van der Waals surface area contributed by atoms with Crippen molar-refractivity contribution in [1.29, 1.82) is 0 Å². The van der Waals surface area contributed by atoms with Gasteiger partial charge in [0.1, 0.15) is 0 Å². The second-order valence-electron chi connectivity index (χ2n) is 5.60. The average molecular weight is 268 g/mol. The standard InChI is InChI=1S/C18H20O2/c1-2-20-17-9-13(10-17)11-18(19)16-8-7-14-5-3-4-6-15(14)12-16/h3-8,12-13,17H,2,9-11H2,1H3. The van der Waals surface area contributed by atoms with Crippen molar-refractivity contribution in [2.45, 2.75) is 32.3 Å². The van der Waals surface area contributed by atoms with Gasteiger partial charge in [-0.1, -0.05) is 36.4 Å². The molecule has 0 heterocycles. The molecule has 0 amide bonds. The number of ether oxygens (including phenoxy) is 1. The normalized spacial score (nSPS) is 21.6. The molecule has 1 aliphatic rings. The molecule has 1 saturated carbocycles. The maximum Gasteiger partial charge on any atom is 0.163 e. The number of benzene rings is 2. The lowest BCUT2D eigenvalue weighted by molar-refractivity contribution is -0.0246. The number of rotatable bonds is 5. The minimum atomic E-state index is 0.260. The van der Waals surface area contributed by atoms with Gasteiger partial charge in [-0.25, -0.2) is 0 Å². The van der Waals surface area contributed by atoms with Crippen LogP contribution in [0.25, 0.3) is 10.8 Å². The molecule has 0 unspecified atom stereocenters. The summed E-state index contributed by atoms with van der Waals surface area (Å²) in [6, 6.07) is 14.1. The van der Waals surface area contributed by atoms with Crippen LogP contribution < -0.4 is 0 Å². The van der Waals surface area contributed by atoms with Crippen LogP contribution in [0, 0.1) is 5.92 Å². The third-order valence-electron chi connectivity index (χ3n) is 4.14. The summed E-state index contributed by atoms with van der Waals surface area (Å²) in [5, 5.41) is 2.32. The van der Waals surface area contributed by atoms with Crippen molar-refractivity contribution in [1.82, 2.24) is 0 Å². The van der Waals surface area contributed by atoms with Gasteiger partial charge < -0.3 is 4.74 Å². The van der Waals surface area contributed by atoms with E-state index >= 15 is 0 Å². The fourth-order valence-corrected chi connectivity index (χ4v) is 2.96. The van der Waals surface area contributed by atoms with Crippen LogP contribution in [0.4, 0.5) is 0 Å². The average Bonchev–Trinajstić information content (AvgIpc) is 2.44. The van der Waals surface area contributed by atoms with Gasteiger partial charge in [0.15, 0.2) is 5.78 Å². The molecule has 2 heteroatoms. The monoisotopic (exact) mass is 268 g/mol. The van der Waals surface area contributed by atoms with E-state index in [1.54, 1.807) is 0 Å². The summed E-state index contributed by atoms with van der Waals surface area (Å²) in [6.45, 7) is 2.80. The van der Waals surface area contributed by atoms with E-state index in [0.717, 1.165) is 30.4 Å². The lowest BCUT2D eigenvalue weighted by Crippen LogP contribution is -2.32. The molecule has 2 aromatic carbocycles. The fourth-order valence-electron chi connectivity index (χ4n) is 2.96. The van der Waals surface area contributed by atoms with Crippen LogP contribution in [0.5, 0.6) is 0 Å². The highest BCUT2D eigenvalue weighted by Gasteiger charge is 2.31. The van der Waals surface area contributed by atoms with E-state index in [4.69, 9.17) is 4.74 Å². The highest BCUT2D eigenvalue weighted by molar-refractivity contribution is 6.00. The molecule has 1 fully saturated rings. The van der Waals surface area contributed by atoms with Gasteiger partial charge in [0.05, 0.1) is 6.10 Å². The molecule has 0 spiro atoms. The third kappa shape index (κ3) is 2.75. The van der Waals surface area contributed by atoms with E-state index in [2.05, 4.69) is 12.1 Å². The van der Waals surface area contributed by atoms with Gasteiger partial charge in [0, 0.05) is 18.6 Å². The van der Waals surface area contributed by atoms with Gasteiger partial charge in [-0.3, -0.25) is 4.79 Å². The number of Topliss-reactive ketones (excluding diaryl/α,β-unsaturated/α-hetero) is 1. The van der Waals surface area contributed by atoms with Gasteiger partial charge >= 0.3 is 0 Å². The van der Waals surface area contributed by atoms with Crippen LogP contribution in [0.3, 0.4) is 0 Å². The van der Waals surface area contributed by atoms with Gasteiger partial charge in [-0.15, -0.1) is 0 Å². The Labute approximate surface area is 119 Å². The first-order chi connectivity index (χ1) is 9.76. The summed E-state index contributed by atoms with van der Waals surface area (Å²) in [6.07, 6.45) is 3.11. The van der Waals surface area contributed by atoms with Crippen molar-refractivity contribution in [2.75, 3.05) is 6.61 Å². The van der Waals surface area contributed by atoms with E-state index in [1.807, 2.05) is 37.3 Å². The summed E-state index contributed by atoms with van der Waals surface area (Å²) < 4.78 is 5.54. The zero-order valence-electron chi connectivity index (χ0n) is 11.8. The Morgan fingerprint density at radius 2 is 1.90 bits per heavy atom. The molecule has 20 heavy (non-hydrogen) atoms. The second kappa shape index (κ2) is 5.76. The lowest BCUT2D eigenvalue weighted by atomic mass is 9.78. The topological polar surface area (TPSA) is 26.3 Å². The zero-order chi connectivity index (χ0) is 13.9. The molecular weight excluding hydrogens is 248 g/mol. The van der Waals surface area contributed by atoms with Crippen molar-refractivity contribution in [3.8, 4) is 0 Å². The molecule has 0 aromatic heterocycles. The van der Waals surface area contributed by atoms with Crippen molar-refractivity contribution in [3.05, 3.63) is 48.0 Å². The van der Waals surface area contributed by atoms with E-state index in [1.165, 1.54) is 5.39 Å². The highest BCUT2D eigenvalue weighted by Crippen LogP contribution is 2.33. The van der Waals surface area contributed by atoms with Gasteiger partial charge in [0.2, 0.25) is 0 Å². The van der Waals surface area contributed by atoms with Crippen LogP contribution in [0.1, 0.15) is 36.5 Å². The Morgan fingerprint density at radius 3 is 2.65 bits per heavy atom. The Morgan fingerprint density at radius 1 is 1.15 bits per heavy atom. The van der Waals surface area contributed by atoms with Crippen LogP contribution in [0.15, 0.2) is 42.5 Å². The maximum absolute atomic E-state index is 12.3. The van der Waals surface area contributed by atoms with E-state index in [-0.39, 0.29) is 5.78 Å². The summed E-state index contributed by atoms with van der Waals surface area (Å²) in [4.78, 5) is 12.3.